The quantitative estimate of drug-likeness (QED) is 0.147. The van der Waals surface area contributed by atoms with Gasteiger partial charge in [-0.05, 0) is 133 Å². The largest absolute Gasteiger partial charge is 0.489 e. The van der Waals surface area contributed by atoms with Gasteiger partial charge >= 0.3 is 0 Å². The van der Waals surface area contributed by atoms with Gasteiger partial charge in [0.05, 0.1) is 0 Å². The number of ether oxygens (including phenoxy) is 1. The zero-order valence-corrected chi connectivity index (χ0v) is 27.2. The molecule has 0 saturated carbocycles. The topological polar surface area (TPSA) is 15.7 Å². The second-order valence-corrected chi connectivity index (χ2v) is 12.0. The Bertz CT molecular complexity index is 1850. The zero-order chi connectivity index (χ0) is 31.9. The molecule has 0 aliphatic heterocycles. The zero-order valence-electron chi connectivity index (χ0n) is 27.2. The number of anilines is 6. The van der Waals surface area contributed by atoms with E-state index < -0.39 is 0 Å². The van der Waals surface area contributed by atoms with Gasteiger partial charge in [-0.3, -0.25) is 0 Å². The molecule has 230 valence electrons. The lowest BCUT2D eigenvalue weighted by Crippen LogP contribution is -2.12. The van der Waals surface area contributed by atoms with Gasteiger partial charge in [0, 0.05) is 34.1 Å². The maximum absolute atomic E-state index is 6.19. The lowest BCUT2D eigenvalue weighted by molar-refractivity contribution is 0.306. The second kappa shape index (κ2) is 14.2. The highest BCUT2D eigenvalue weighted by molar-refractivity contribution is 5.81. The van der Waals surface area contributed by atoms with E-state index in [1.54, 1.807) is 0 Å². The summed E-state index contributed by atoms with van der Waals surface area (Å²) in [6.45, 7) is 9.31. The van der Waals surface area contributed by atoms with Crippen LogP contribution in [0.2, 0.25) is 0 Å². The minimum Gasteiger partial charge on any atom is -0.489 e. The Morgan fingerprint density at radius 3 is 1.43 bits per heavy atom. The van der Waals surface area contributed by atoms with Gasteiger partial charge < -0.3 is 14.5 Å². The van der Waals surface area contributed by atoms with Crippen LogP contribution in [0.25, 0.3) is 0 Å². The van der Waals surface area contributed by atoms with E-state index in [0.29, 0.717) is 12.5 Å². The van der Waals surface area contributed by atoms with Crippen molar-refractivity contribution in [3.05, 3.63) is 174 Å². The van der Waals surface area contributed by atoms with Crippen LogP contribution in [-0.2, 0) is 6.61 Å². The highest BCUT2D eigenvalue weighted by atomic mass is 16.5. The predicted octanol–water partition coefficient (Wildman–Crippen LogP) is 12.3. The molecule has 0 spiro atoms. The minimum atomic E-state index is 0.544. The van der Waals surface area contributed by atoms with E-state index in [2.05, 4.69) is 189 Å². The number of para-hydroxylation sites is 1. The van der Waals surface area contributed by atoms with Gasteiger partial charge in [0.15, 0.2) is 0 Å². The Morgan fingerprint density at radius 2 is 0.957 bits per heavy atom. The number of hydrogen-bond donors (Lipinski definition) is 0. The number of nitrogens with zero attached hydrogens (tertiary/aromatic N) is 2. The minimum absolute atomic E-state index is 0.544. The molecule has 3 heteroatoms. The Balaban J connectivity index is 1.27. The lowest BCUT2D eigenvalue weighted by Gasteiger charge is -2.28. The van der Waals surface area contributed by atoms with Crippen LogP contribution >= 0.6 is 0 Å². The first-order chi connectivity index (χ1) is 22.5. The van der Waals surface area contributed by atoms with E-state index in [0.717, 1.165) is 46.3 Å². The van der Waals surface area contributed by atoms with Crippen LogP contribution in [0.15, 0.2) is 152 Å². The maximum Gasteiger partial charge on any atom is 0.119 e. The molecule has 6 aromatic rings. The number of aryl methyl sites for hydroxylation is 2. The van der Waals surface area contributed by atoms with Crippen LogP contribution < -0.4 is 14.5 Å². The van der Waals surface area contributed by atoms with E-state index in [9.17, 15) is 0 Å². The summed E-state index contributed by atoms with van der Waals surface area (Å²) in [4.78, 5) is 4.60. The highest BCUT2D eigenvalue weighted by Gasteiger charge is 2.16. The Labute approximate surface area is 274 Å². The third-order valence-electron chi connectivity index (χ3n) is 8.56. The van der Waals surface area contributed by atoms with Crippen molar-refractivity contribution in [2.45, 2.75) is 46.6 Å². The average molecular weight is 603 g/mol. The van der Waals surface area contributed by atoms with Crippen molar-refractivity contribution in [1.29, 1.82) is 0 Å². The van der Waals surface area contributed by atoms with Crippen molar-refractivity contribution in [1.82, 2.24) is 0 Å². The molecule has 0 heterocycles. The molecule has 46 heavy (non-hydrogen) atoms. The third kappa shape index (κ3) is 7.16. The van der Waals surface area contributed by atoms with E-state index in [4.69, 9.17) is 4.74 Å². The van der Waals surface area contributed by atoms with Crippen LogP contribution in [-0.4, -0.2) is 0 Å². The molecular formula is C43H42N2O. The molecule has 6 aromatic carbocycles. The summed E-state index contributed by atoms with van der Waals surface area (Å²) in [5.41, 5.74) is 11.6. The average Bonchev–Trinajstić information content (AvgIpc) is 3.09. The van der Waals surface area contributed by atoms with Gasteiger partial charge in [-0.1, -0.05) is 80.6 Å². The molecular weight excluding hydrogens is 560 g/mol. The number of rotatable bonds is 11. The molecule has 0 aliphatic carbocycles. The van der Waals surface area contributed by atoms with Gasteiger partial charge in [-0.15, -0.1) is 0 Å². The molecule has 3 nitrogen and oxygen atoms in total. The van der Waals surface area contributed by atoms with Crippen molar-refractivity contribution in [2.75, 3.05) is 9.80 Å². The van der Waals surface area contributed by atoms with Gasteiger partial charge in [-0.25, -0.2) is 0 Å². The molecule has 0 aliphatic rings. The van der Waals surface area contributed by atoms with Crippen LogP contribution in [0.3, 0.4) is 0 Å². The van der Waals surface area contributed by atoms with E-state index >= 15 is 0 Å². The first-order valence-corrected chi connectivity index (χ1v) is 16.2. The van der Waals surface area contributed by atoms with Crippen LogP contribution in [0.1, 0.15) is 48.4 Å². The summed E-state index contributed by atoms with van der Waals surface area (Å²) in [6, 6.07) is 53.9. The van der Waals surface area contributed by atoms with Crippen molar-refractivity contribution in [2.24, 2.45) is 0 Å². The lowest BCUT2D eigenvalue weighted by atomic mass is 9.98. The molecule has 1 atom stereocenters. The maximum atomic E-state index is 6.19. The Kier molecular flexibility index (Phi) is 9.50. The van der Waals surface area contributed by atoms with E-state index in [1.807, 2.05) is 0 Å². The molecule has 0 saturated heterocycles. The fourth-order valence-corrected chi connectivity index (χ4v) is 5.79. The number of benzene rings is 6. The van der Waals surface area contributed by atoms with Gasteiger partial charge in [-0.2, -0.15) is 0 Å². The standard InChI is InChI=1S/C43H42N2O/c1-5-34(4)36-19-17-35(18-20-36)31-46-43-27-25-40(26-28-43)45(42-16-10-12-33(3)30-42)39-23-21-38(22-24-39)44(37-13-7-6-8-14-37)41-15-9-11-32(2)29-41/h6-30,34H,5,31H2,1-4H3. The SMILES string of the molecule is CCC(C)c1ccc(COc2ccc(N(c3ccc(N(c4ccccc4)c4cccc(C)c4)cc3)c3cccc(C)c3)cc2)cc1. The molecule has 0 amide bonds. The number of hydrogen-bond acceptors (Lipinski definition) is 3. The van der Waals surface area contributed by atoms with Crippen LogP contribution in [0.5, 0.6) is 5.75 Å². The summed E-state index contributed by atoms with van der Waals surface area (Å²) in [7, 11) is 0. The van der Waals surface area contributed by atoms with Crippen LogP contribution in [0, 0.1) is 13.8 Å². The molecule has 1 unspecified atom stereocenters. The summed E-state index contributed by atoms with van der Waals surface area (Å²) in [5.74, 6) is 1.43. The van der Waals surface area contributed by atoms with Crippen molar-refractivity contribution in [3.8, 4) is 5.75 Å². The van der Waals surface area contributed by atoms with Crippen molar-refractivity contribution >= 4 is 34.1 Å². The fraction of sp³-hybridized carbons (Fsp3) is 0.163. The van der Waals surface area contributed by atoms with Crippen molar-refractivity contribution in [3.63, 3.8) is 0 Å². The Morgan fingerprint density at radius 1 is 0.500 bits per heavy atom. The normalized spacial score (nSPS) is 11.6. The molecule has 0 radical (unpaired) electrons. The monoisotopic (exact) mass is 602 g/mol. The van der Waals surface area contributed by atoms with Crippen LogP contribution in [0.4, 0.5) is 34.1 Å². The smallest absolute Gasteiger partial charge is 0.119 e. The molecule has 0 bridgehead atoms. The molecule has 0 aromatic heterocycles. The van der Waals surface area contributed by atoms with Crippen molar-refractivity contribution < 1.29 is 4.74 Å². The highest BCUT2D eigenvalue weighted by Crippen LogP contribution is 2.39. The first-order valence-electron chi connectivity index (χ1n) is 16.2. The molecule has 0 N–H and O–H groups in total. The summed E-state index contributed by atoms with van der Waals surface area (Å²) < 4.78 is 6.19. The summed E-state index contributed by atoms with van der Waals surface area (Å²) in [6.07, 6.45) is 1.14. The van der Waals surface area contributed by atoms with Gasteiger partial charge in [0.2, 0.25) is 0 Å². The summed E-state index contributed by atoms with van der Waals surface area (Å²) in [5, 5.41) is 0. The molecule has 0 fully saturated rings. The Hall–Kier alpha value is -5.28. The predicted molar refractivity (Wildman–Crippen MR) is 195 cm³/mol. The second-order valence-electron chi connectivity index (χ2n) is 12.0. The first kappa shape index (κ1) is 30.7. The van der Waals surface area contributed by atoms with Gasteiger partial charge in [0.25, 0.3) is 0 Å². The molecule has 6 rings (SSSR count). The summed E-state index contributed by atoms with van der Waals surface area (Å²) >= 11 is 0. The fourth-order valence-electron chi connectivity index (χ4n) is 5.79. The van der Waals surface area contributed by atoms with Gasteiger partial charge in [0.1, 0.15) is 12.4 Å². The van der Waals surface area contributed by atoms with E-state index in [1.165, 1.54) is 22.3 Å². The van der Waals surface area contributed by atoms with E-state index in [-0.39, 0.29) is 0 Å². The third-order valence-corrected chi connectivity index (χ3v) is 8.56.